The first-order chi connectivity index (χ1) is 10.0. The van der Waals surface area contributed by atoms with Crippen LogP contribution in [0.25, 0.3) is 10.9 Å². The summed E-state index contributed by atoms with van der Waals surface area (Å²) in [7, 11) is 0. The van der Waals surface area contributed by atoms with Gasteiger partial charge in [0, 0.05) is 12.6 Å². The van der Waals surface area contributed by atoms with E-state index in [0.29, 0.717) is 12.1 Å². The van der Waals surface area contributed by atoms with Gasteiger partial charge in [0.25, 0.3) is 11.2 Å². The predicted molar refractivity (Wildman–Crippen MR) is 76.2 cm³/mol. The fourth-order valence-electron chi connectivity index (χ4n) is 1.83. The molecule has 1 heterocycles. The number of likely N-dealkylation sites (N-methyl/N-ethyl adjacent to an activating group) is 1. The van der Waals surface area contributed by atoms with Gasteiger partial charge in [0.05, 0.1) is 28.7 Å². The summed E-state index contributed by atoms with van der Waals surface area (Å²) in [5.74, 6) is -0.286. The number of carbonyl (C=O) groups is 1. The zero-order valence-corrected chi connectivity index (χ0v) is 11.2. The predicted octanol–water partition coefficient (Wildman–Crippen LogP) is 0.379. The fraction of sp³-hybridized carbons (Fsp3) is 0.250. The van der Waals surface area contributed by atoms with Crippen molar-refractivity contribution in [2.24, 2.45) is 0 Å². The number of carbonyl (C=O) groups excluding carboxylic acids is 1. The maximum atomic E-state index is 11.6. The van der Waals surface area contributed by atoms with Crippen molar-refractivity contribution in [3.05, 3.63) is 38.9 Å². The Hall–Kier alpha value is -2.97. The highest BCUT2D eigenvalue weighted by Crippen LogP contribution is 2.27. The summed E-state index contributed by atoms with van der Waals surface area (Å²) in [5.41, 5.74) is -0.303. The minimum absolute atomic E-state index is 0.108. The fourth-order valence-corrected chi connectivity index (χ4v) is 1.83. The number of benzene rings is 1. The average molecular weight is 291 g/mol. The Balaban J connectivity index is 2.41. The topological polar surface area (TPSA) is 130 Å². The highest BCUT2D eigenvalue weighted by Gasteiger charge is 2.17. The molecule has 9 heteroatoms. The maximum Gasteiger partial charge on any atom is 0.293 e. The smallest absolute Gasteiger partial charge is 0.293 e. The number of nitro groups is 1. The SMILES string of the molecule is CCNC(=O)CNc1cc2nc[nH]c(=O)c2cc1[N+](=O)[O-]. The van der Waals surface area contributed by atoms with Crippen LogP contribution in [0.2, 0.25) is 0 Å². The van der Waals surface area contributed by atoms with E-state index in [1.165, 1.54) is 12.4 Å². The molecule has 0 saturated heterocycles. The van der Waals surface area contributed by atoms with Crippen LogP contribution >= 0.6 is 0 Å². The monoisotopic (exact) mass is 291 g/mol. The van der Waals surface area contributed by atoms with E-state index < -0.39 is 10.5 Å². The van der Waals surface area contributed by atoms with Crippen molar-refractivity contribution in [2.75, 3.05) is 18.4 Å². The first-order valence-corrected chi connectivity index (χ1v) is 6.19. The van der Waals surface area contributed by atoms with Gasteiger partial charge in [-0.2, -0.15) is 0 Å². The van der Waals surface area contributed by atoms with Crippen LogP contribution in [0.1, 0.15) is 6.92 Å². The Morgan fingerprint density at radius 1 is 1.48 bits per heavy atom. The van der Waals surface area contributed by atoms with E-state index in [4.69, 9.17) is 0 Å². The van der Waals surface area contributed by atoms with Crippen molar-refractivity contribution in [3.8, 4) is 0 Å². The number of nitro benzene ring substituents is 1. The third-order valence-electron chi connectivity index (χ3n) is 2.77. The van der Waals surface area contributed by atoms with E-state index in [2.05, 4.69) is 20.6 Å². The largest absolute Gasteiger partial charge is 0.370 e. The van der Waals surface area contributed by atoms with Crippen LogP contribution in [0.4, 0.5) is 11.4 Å². The molecule has 9 nitrogen and oxygen atoms in total. The molecule has 0 aliphatic rings. The molecule has 0 aliphatic carbocycles. The summed E-state index contributed by atoms with van der Waals surface area (Å²) in [6, 6.07) is 2.52. The van der Waals surface area contributed by atoms with Gasteiger partial charge in [-0.15, -0.1) is 0 Å². The van der Waals surface area contributed by atoms with Crippen LogP contribution in [0.5, 0.6) is 0 Å². The minimum Gasteiger partial charge on any atom is -0.370 e. The zero-order valence-electron chi connectivity index (χ0n) is 11.2. The van der Waals surface area contributed by atoms with E-state index in [-0.39, 0.29) is 29.2 Å². The van der Waals surface area contributed by atoms with Crippen LogP contribution in [-0.4, -0.2) is 33.9 Å². The summed E-state index contributed by atoms with van der Waals surface area (Å²) < 4.78 is 0. The van der Waals surface area contributed by atoms with Crippen molar-refractivity contribution in [1.82, 2.24) is 15.3 Å². The van der Waals surface area contributed by atoms with Gasteiger partial charge in [0.1, 0.15) is 5.69 Å². The number of rotatable bonds is 5. The van der Waals surface area contributed by atoms with Crippen LogP contribution in [0, 0.1) is 10.1 Å². The third kappa shape index (κ3) is 3.14. The Bertz CT molecular complexity index is 755. The van der Waals surface area contributed by atoms with Crippen molar-refractivity contribution < 1.29 is 9.72 Å². The molecular weight excluding hydrogens is 278 g/mol. The highest BCUT2D eigenvalue weighted by molar-refractivity contribution is 5.88. The zero-order chi connectivity index (χ0) is 15.4. The standard InChI is InChI=1S/C12H13N5O4/c1-2-13-11(18)5-14-9-4-8-7(3-10(9)17(20)21)12(19)16-6-15-8/h3-4,6,14H,2,5H2,1H3,(H,13,18)(H,15,16,19). The van der Waals surface area contributed by atoms with E-state index in [0.717, 1.165) is 6.07 Å². The number of anilines is 1. The molecule has 0 atom stereocenters. The van der Waals surface area contributed by atoms with E-state index >= 15 is 0 Å². The molecule has 21 heavy (non-hydrogen) atoms. The van der Waals surface area contributed by atoms with E-state index in [1.807, 2.05) is 0 Å². The van der Waals surface area contributed by atoms with Gasteiger partial charge in [-0.1, -0.05) is 0 Å². The lowest BCUT2D eigenvalue weighted by Crippen LogP contribution is -2.29. The second-order valence-electron chi connectivity index (χ2n) is 4.18. The molecule has 0 aliphatic heterocycles. The minimum atomic E-state index is -0.619. The lowest BCUT2D eigenvalue weighted by molar-refractivity contribution is -0.383. The van der Waals surface area contributed by atoms with Crippen molar-refractivity contribution in [3.63, 3.8) is 0 Å². The van der Waals surface area contributed by atoms with Crippen LogP contribution in [0.3, 0.4) is 0 Å². The normalized spacial score (nSPS) is 10.3. The van der Waals surface area contributed by atoms with Crippen LogP contribution in [-0.2, 0) is 4.79 Å². The van der Waals surface area contributed by atoms with Crippen LogP contribution in [0.15, 0.2) is 23.3 Å². The molecule has 2 rings (SSSR count). The summed E-state index contributed by atoms with van der Waals surface area (Å²) in [4.78, 5) is 39.8. The van der Waals surface area contributed by atoms with Gasteiger partial charge in [-0.25, -0.2) is 4.98 Å². The number of hydrogen-bond acceptors (Lipinski definition) is 6. The Morgan fingerprint density at radius 2 is 2.24 bits per heavy atom. The number of aromatic amines is 1. The lowest BCUT2D eigenvalue weighted by atomic mass is 10.2. The highest BCUT2D eigenvalue weighted by atomic mass is 16.6. The summed E-state index contributed by atoms with van der Waals surface area (Å²) >= 11 is 0. The van der Waals surface area contributed by atoms with E-state index in [9.17, 15) is 19.7 Å². The van der Waals surface area contributed by atoms with Crippen molar-refractivity contribution in [2.45, 2.75) is 6.92 Å². The van der Waals surface area contributed by atoms with Crippen LogP contribution < -0.4 is 16.2 Å². The Kier molecular flexibility index (Phi) is 4.12. The number of nitrogens with zero attached hydrogens (tertiary/aromatic N) is 2. The number of fused-ring (bicyclic) bond motifs is 1. The van der Waals surface area contributed by atoms with Gasteiger partial charge in [-0.05, 0) is 13.0 Å². The molecule has 0 spiro atoms. The molecule has 3 N–H and O–H groups in total. The lowest BCUT2D eigenvalue weighted by Gasteiger charge is -2.08. The Labute approximate surface area is 118 Å². The number of nitrogens with one attached hydrogen (secondary N) is 3. The number of amides is 1. The summed E-state index contributed by atoms with van der Waals surface area (Å²) in [6.07, 6.45) is 1.21. The number of H-pyrrole nitrogens is 1. The molecule has 1 aromatic heterocycles. The second-order valence-corrected chi connectivity index (χ2v) is 4.18. The molecule has 1 amide bonds. The van der Waals surface area contributed by atoms with Crippen molar-refractivity contribution in [1.29, 1.82) is 0 Å². The maximum absolute atomic E-state index is 11.6. The molecule has 0 saturated carbocycles. The van der Waals surface area contributed by atoms with Gasteiger partial charge >= 0.3 is 0 Å². The van der Waals surface area contributed by atoms with Gasteiger partial charge in [0.2, 0.25) is 5.91 Å². The third-order valence-corrected chi connectivity index (χ3v) is 2.77. The molecule has 110 valence electrons. The molecule has 1 aromatic carbocycles. The van der Waals surface area contributed by atoms with Gasteiger partial charge < -0.3 is 15.6 Å². The summed E-state index contributed by atoms with van der Waals surface area (Å²) in [6.45, 7) is 2.13. The van der Waals surface area contributed by atoms with E-state index in [1.54, 1.807) is 6.92 Å². The average Bonchev–Trinajstić information content (AvgIpc) is 2.45. The first-order valence-electron chi connectivity index (χ1n) is 6.19. The van der Waals surface area contributed by atoms with Gasteiger partial charge in [-0.3, -0.25) is 19.7 Å². The molecule has 0 bridgehead atoms. The number of hydrogen-bond donors (Lipinski definition) is 3. The number of aromatic nitrogens is 2. The van der Waals surface area contributed by atoms with Crippen molar-refractivity contribution >= 4 is 28.2 Å². The van der Waals surface area contributed by atoms with Gasteiger partial charge in [0.15, 0.2) is 0 Å². The molecule has 0 unspecified atom stereocenters. The molecule has 2 aromatic rings. The first kappa shape index (κ1) is 14.4. The summed E-state index contributed by atoms with van der Waals surface area (Å²) in [5, 5.41) is 16.5. The quantitative estimate of drug-likeness (QED) is 0.539. The second kappa shape index (κ2) is 5.99. The Morgan fingerprint density at radius 3 is 2.90 bits per heavy atom. The molecular formula is C12H13N5O4. The molecule has 0 radical (unpaired) electrons. The molecule has 0 fully saturated rings.